The van der Waals surface area contributed by atoms with E-state index in [0.717, 1.165) is 18.9 Å². The first-order chi connectivity index (χ1) is 8.54. The predicted octanol–water partition coefficient (Wildman–Crippen LogP) is 2.31. The van der Waals surface area contributed by atoms with Gasteiger partial charge in [0.25, 0.3) is 5.91 Å². The van der Waals surface area contributed by atoms with Gasteiger partial charge >= 0.3 is 0 Å². The first-order valence-corrected chi connectivity index (χ1v) is 5.69. The first kappa shape index (κ1) is 12.5. The molecule has 1 aromatic carbocycles. The van der Waals surface area contributed by atoms with E-state index in [-0.39, 0.29) is 11.5 Å². The van der Waals surface area contributed by atoms with Gasteiger partial charge in [0.2, 0.25) is 0 Å². The van der Waals surface area contributed by atoms with Crippen LogP contribution in [0, 0.1) is 35.8 Å². The van der Waals surface area contributed by atoms with Gasteiger partial charge in [0.15, 0.2) is 0 Å². The van der Waals surface area contributed by atoms with Crippen molar-refractivity contribution in [2.45, 2.75) is 25.8 Å². The maximum atomic E-state index is 13.7. The number of rotatable bonds is 3. The van der Waals surface area contributed by atoms with Crippen LogP contribution in [0.15, 0.2) is 12.1 Å². The SMILES string of the molecule is Cc1ccc(F)c(C(=O)NC(C#N)C2CC2)c1F. The number of hydrogen-bond donors (Lipinski definition) is 1. The van der Waals surface area contributed by atoms with E-state index in [2.05, 4.69) is 5.32 Å². The van der Waals surface area contributed by atoms with Crippen molar-refractivity contribution < 1.29 is 13.6 Å². The molecule has 1 atom stereocenters. The van der Waals surface area contributed by atoms with Gasteiger partial charge in [-0.05, 0) is 37.3 Å². The molecule has 0 aromatic heterocycles. The molecule has 1 amide bonds. The molecule has 0 spiro atoms. The standard InChI is InChI=1S/C13H12F2N2O/c1-7-2-5-9(14)11(12(7)15)13(18)17-10(6-16)8-3-4-8/h2,5,8,10H,3-4H2,1H3,(H,17,18). The van der Waals surface area contributed by atoms with Crippen molar-refractivity contribution >= 4 is 5.91 Å². The Bertz CT molecular complexity index is 533. The lowest BCUT2D eigenvalue weighted by molar-refractivity contribution is 0.0933. The van der Waals surface area contributed by atoms with Gasteiger partial charge in [-0.25, -0.2) is 8.78 Å². The van der Waals surface area contributed by atoms with Crippen molar-refractivity contribution in [2.75, 3.05) is 0 Å². The minimum Gasteiger partial charge on any atom is -0.336 e. The van der Waals surface area contributed by atoms with Crippen LogP contribution in [0.3, 0.4) is 0 Å². The summed E-state index contributed by atoms with van der Waals surface area (Å²) in [4.78, 5) is 11.8. The van der Waals surface area contributed by atoms with E-state index in [1.54, 1.807) is 0 Å². The number of carbonyl (C=O) groups excluding carboxylic acids is 1. The van der Waals surface area contributed by atoms with Crippen molar-refractivity contribution in [3.05, 3.63) is 34.9 Å². The molecule has 2 rings (SSSR count). The van der Waals surface area contributed by atoms with Crippen molar-refractivity contribution in [3.63, 3.8) is 0 Å². The highest BCUT2D eigenvalue weighted by Gasteiger charge is 2.33. The molecular weight excluding hydrogens is 238 g/mol. The molecule has 1 fully saturated rings. The fourth-order valence-corrected chi connectivity index (χ4v) is 1.76. The minimum absolute atomic E-state index is 0.106. The second-order valence-electron chi connectivity index (χ2n) is 4.47. The highest BCUT2D eigenvalue weighted by Crippen LogP contribution is 2.32. The number of nitriles is 1. The van der Waals surface area contributed by atoms with Gasteiger partial charge in [0.05, 0.1) is 6.07 Å². The molecule has 0 aliphatic heterocycles. The molecular formula is C13H12F2N2O. The molecule has 0 heterocycles. The molecule has 0 radical (unpaired) electrons. The molecule has 0 bridgehead atoms. The topological polar surface area (TPSA) is 52.9 Å². The number of aryl methyl sites for hydroxylation is 1. The zero-order chi connectivity index (χ0) is 13.3. The van der Waals surface area contributed by atoms with Crippen LogP contribution in [0.4, 0.5) is 8.78 Å². The Balaban J connectivity index is 2.23. The Morgan fingerprint density at radius 3 is 2.72 bits per heavy atom. The number of benzene rings is 1. The lowest BCUT2D eigenvalue weighted by Gasteiger charge is -2.12. The highest BCUT2D eigenvalue weighted by atomic mass is 19.1. The van der Waals surface area contributed by atoms with Crippen LogP contribution < -0.4 is 5.32 Å². The Kier molecular flexibility index (Phi) is 3.28. The van der Waals surface area contributed by atoms with Crippen molar-refractivity contribution in [1.29, 1.82) is 5.26 Å². The molecule has 1 aromatic rings. The Morgan fingerprint density at radius 1 is 1.50 bits per heavy atom. The molecule has 1 aliphatic rings. The van der Waals surface area contributed by atoms with Crippen LogP contribution in [0.25, 0.3) is 0 Å². The summed E-state index contributed by atoms with van der Waals surface area (Å²) in [5.74, 6) is -2.55. The lowest BCUT2D eigenvalue weighted by atomic mass is 10.1. The molecule has 5 heteroatoms. The van der Waals surface area contributed by atoms with Gasteiger partial charge in [-0.2, -0.15) is 5.26 Å². The fraction of sp³-hybridized carbons (Fsp3) is 0.385. The van der Waals surface area contributed by atoms with Crippen LogP contribution >= 0.6 is 0 Å². The number of amides is 1. The molecule has 0 saturated heterocycles. The normalized spacial score (nSPS) is 15.9. The van der Waals surface area contributed by atoms with Gasteiger partial charge in [-0.1, -0.05) is 6.07 Å². The summed E-state index contributed by atoms with van der Waals surface area (Å²) in [6.45, 7) is 1.45. The highest BCUT2D eigenvalue weighted by molar-refractivity contribution is 5.95. The minimum atomic E-state index is -0.914. The predicted molar refractivity (Wildman–Crippen MR) is 60.7 cm³/mol. The van der Waals surface area contributed by atoms with Crippen LogP contribution in [-0.2, 0) is 0 Å². The number of nitrogens with zero attached hydrogens (tertiary/aromatic N) is 1. The zero-order valence-electron chi connectivity index (χ0n) is 9.84. The first-order valence-electron chi connectivity index (χ1n) is 5.69. The third kappa shape index (κ3) is 2.33. The van der Waals surface area contributed by atoms with Gasteiger partial charge in [0, 0.05) is 0 Å². The van der Waals surface area contributed by atoms with Gasteiger partial charge in [-0.15, -0.1) is 0 Å². The number of halogens is 2. The summed E-state index contributed by atoms with van der Waals surface area (Å²) in [6, 6.07) is 3.59. The number of hydrogen-bond acceptors (Lipinski definition) is 2. The lowest BCUT2D eigenvalue weighted by Crippen LogP contribution is -2.36. The third-order valence-corrected chi connectivity index (χ3v) is 3.03. The summed E-state index contributed by atoms with van der Waals surface area (Å²) >= 11 is 0. The van der Waals surface area contributed by atoms with Crippen LogP contribution in [0.5, 0.6) is 0 Å². The van der Waals surface area contributed by atoms with E-state index in [0.29, 0.717) is 0 Å². The Hall–Kier alpha value is -1.96. The number of nitrogens with one attached hydrogen (secondary N) is 1. The maximum Gasteiger partial charge on any atom is 0.258 e. The van der Waals surface area contributed by atoms with E-state index in [1.165, 1.54) is 13.0 Å². The smallest absolute Gasteiger partial charge is 0.258 e. The van der Waals surface area contributed by atoms with Gasteiger partial charge in [0.1, 0.15) is 23.2 Å². The average molecular weight is 250 g/mol. The van der Waals surface area contributed by atoms with E-state index in [9.17, 15) is 13.6 Å². The maximum absolute atomic E-state index is 13.7. The molecule has 1 unspecified atom stereocenters. The quantitative estimate of drug-likeness (QED) is 0.894. The Morgan fingerprint density at radius 2 is 2.17 bits per heavy atom. The Labute approximate surface area is 103 Å². The van der Waals surface area contributed by atoms with Crippen molar-refractivity contribution in [2.24, 2.45) is 5.92 Å². The van der Waals surface area contributed by atoms with E-state index >= 15 is 0 Å². The summed E-state index contributed by atoms with van der Waals surface area (Å²) in [5.41, 5.74) is -0.419. The fourth-order valence-electron chi connectivity index (χ4n) is 1.76. The van der Waals surface area contributed by atoms with E-state index in [1.807, 2.05) is 6.07 Å². The zero-order valence-corrected chi connectivity index (χ0v) is 9.84. The van der Waals surface area contributed by atoms with E-state index in [4.69, 9.17) is 5.26 Å². The summed E-state index contributed by atoms with van der Waals surface area (Å²) in [6.07, 6.45) is 1.72. The largest absolute Gasteiger partial charge is 0.336 e. The summed E-state index contributed by atoms with van der Waals surface area (Å²) < 4.78 is 27.2. The molecule has 1 N–H and O–H groups in total. The van der Waals surface area contributed by atoms with Crippen molar-refractivity contribution in [3.8, 4) is 6.07 Å². The van der Waals surface area contributed by atoms with Crippen molar-refractivity contribution in [1.82, 2.24) is 5.32 Å². The van der Waals surface area contributed by atoms with Gasteiger partial charge in [-0.3, -0.25) is 4.79 Å². The summed E-state index contributed by atoms with van der Waals surface area (Å²) in [7, 11) is 0. The molecule has 1 aliphatic carbocycles. The second-order valence-corrected chi connectivity index (χ2v) is 4.47. The van der Waals surface area contributed by atoms with E-state index < -0.39 is 29.1 Å². The van der Waals surface area contributed by atoms with Crippen LogP contribution in [0.1, 0.15) is 28.8 Å². The third-order valence-electron chi connectivity index (χ3n) is 3.03. The molecule has 1 saturated carbocycles. The average Bonchev–Trinajstić information content (AvgIpc) is 3.15. The molecule has 94 valence electrons. The van der Waals surface area contributed by atoms with Crippen LogP contribution in [0.2, 0.25) is 0 Å². The monoisotopic (exact) mass is 250 g/mol. The molecule has 3 nitrogen and oxygen atoms in total. The van der Waals surface area contributed by atoms with Crippen LogP contribution in [-0.4, -0.2) is 11.9 Å². The number of carbonyl (C=O) groups is 1. The molecule has 18 heavy (non-hydrogen) atoms. The second kappa shape index (κ2) is 4.73. The summed E-state index contributed by atoms with van der Waals surface area (Å²) in [5, 5.41) is 11.2. The van der Waals surface area contributed by atoms with Gasteiger partial charge < -0.3 is 5.32 Å².